The van der Waals surface area contributed by atoms with Crippen molar-refractivity contribution in [3.63, 3.8) is 0 Å². The zero-order chi connectivity index (χ0) is 16.2. The number of aromatic nitrogens is 3. The van der Waals surface area contributed by atoms with E-state index < -0.39 is 0 Å². The number of rotatable bonds is 6. The van der Waals surface area contributed by atoms with Gasteiger partial charge in [0.25, 0.3) is 0 Å². The summed E-state index contributed by atoms with van der Waals surface area (Å²) < 4.78 is 2.28. The predicted molar refractivity (Wildman–Crippen MR) is 94.3 cm³/mol. The van der Waals surface area contributed by atoms with Crippen molar-refractivity contribution in [1.29, 1.82) is 0 Å². The van der Waals surface area contributed by atoms with Crippen LogP contribution in [0.2, 0.25) is 0 Å². The average Bonchev–Trinajstić information content (AvgIpc) is 2.98. The van der Waals surface area contributed by atoms with Gasteiger partial charge in [-0.1, -0.05) is 6.07 Å². The molecule has 0 saturated heterocycles. The molecule has 0 aliphatic carbocycles. The third kappa shape index (κ3) is 3.59. The number of aryl methyl sites for hydroxylation is 1. The van der Waals surface area contributed by atoms with Crippen molar-refractivity contribution in [2.24, 2.45) is 0 Å². The Morgan fingerprint density at radius 1 is 1.22 bits per heavy atom. The first-order valence-corrected chi connectivity index (χ1v) is 8.20. The van der Waals surface area contributed by atoms with Crippen molar-refractivity contribution in [1.82, 2.24) is 19.4 Å². The smallest absolute Gasteiger partial charge is 0.0602 e. The van der Waals surface area contributed by atoms with Crippen molar-refractivity contribution < 1.29 is 0 Å². The Morgan fingerprint density at radius 2 is 2.09 bits per heavy atom. The molecule has 0 spiro atoms. The van der Waals surface area contributed by atoms with Crippen LogP contribution in [0.15, 0.2) is 49.1 Å². The molecule has 2 heterocycles. The minimum Gasteiger partial charge on any atom is -0.348 e. The Kier molecular flexibility index (Phi) is 4.72. The van der Waals surface area contributed by atoms with Gasteiger partial charge in [0.1, 0.15) is 0 Å². The summed E-state index contributed by atoms with van der Waals surface area (Å²) in [6, 6.07) is 9.39. The van der Waals surface area contributed by atoms with Gasteiger partial charge in [0.05, 0.1) is 5.69 Å². The second-order valence-electron chi connectivity index (χ2n) is 6.16. The van der Waals surface area contributed by atoms with E-state index in [4.69, 9.17) is 0 Å². The second-order valence-corrected chi connectivity index (χ2v) is 6.16. The highest BCUT2D eigenvalue weighted by Crippen LogP contribution is 2.19. The van der Waals surface area contributed by atoms with Crippen LogP contribution in [-0.4, -0.2) is 32.5 Å². The lowest BCUT2D eigenvalue weighted by Gasteiger charge is -2.24. The lowest BCUT2D eigenvalue weighted by Crippen LogP contribution is -2.30. The molecule has 1 aromatic carbocycles. The van der Waals surface area contributed by atoms with Crippen molar-refractivity contribution in [3.05, 3.63) is 60.3 Å². The van der Waals surface area contributed by atoms with E-state index in [-0.39, 0.29) is 0 Å². The summed E-state index contributed by atoms with van der Waals surface area (Å²) in [4.78, 5) is 10.9. The summed E-state index contributed by atoms with van der Waals surface area (Å²) in [6.45, 7) is 6.36. The molecule has 0 fully saturated rings. The summed E-state index contributed by atoms with van der Waals surface area (Å²) >= 11 is 0. The minimum atomic E-state index is 0.419. The van der Waals surface area contributed by atoms with Gasteiger partial charge in [-0.2, -0.15) is 0 Å². The van der Waals surface area contributed by atoms with Crippen LogP contribution in [0.1, 0.15) is 25.1 Å². The van der Waals surface area contributed by atoms with Gasteiger partial charge in [-0.25, -0.2) is 0 Å². The number of fused-ring (bicyclic) bond motifs is 1. The molecular weight excluding hydrogens is 284 g/mol. The zero-order valence-corrected chi connectivity index (χ0v) is 14.1. The molecule has 0 amide bonds. The van der Waals surface area contributed by atoms with Crippen LogP contribution in [0, 0.1) is 0 Å². The van der Waals surface area contributed by atoms with Crippen LogP contribution in [0.3, 0.4) is 0 Å². The first-order valence-electron chi connectivity index (χ1n) is 8.20. The van der Waals surface area contributed by atoms with Crippen LogP contribution in [0.5, 0.6) is 0 Å². The van der Waals surface area contributed by atoms with Gasteiger partial charge < -0.3 is 4.57 Å². The van der Waals surface area contributed by atoms with Crippen LogP contribution >= 0.6 is 0 Å². The van der Waals surface area contributed by atoms with Gasteiger partial charge in [-0.05, 0) is 50.0 Å². The van der Waals surface area contributed by atoms with Gasteiger partial charge in [0, 0.05) is 55.9 Å². The van der Waals surface area contributed by atoms with E-state index in [1.807, 2.05) is 6.20 Å². The molecule has 0 bridgehead atoms. The maximum atomic E-state index is 4.37. The van der Waals surface area contributed by atoms with Crippen LogP contribution in [-0.2, 0) is 19.5 Å². The number of likely N-dealkylation sites (N-methyl/N-ethyl adjacent to an activating group) is 1. The third-order valence-corrected chi connectivity index (χ3v) is 4.48. The SMILES string of the molecule is CCn1ccc2cc(CN(C)[C@@H](C)Cc3cnccn3)ccc21. The monoisotopic (exact) mass is 308 g/mol. The van der Waals surface area contributed by atoms with E-state index in [0.29, 0.717) is 6.04 Å². The number of nitrogens with zero attached hydrogens (tertiary/aromatic N) is 4. The number of hydrogen-bond donors (Lipinski definition) is 0. The van der Waals surface area contributed by atoms with Crippen LogP contribution in [0.25, 0.3) is 10.9 Å². The molecule has 0 N–H and O–H groups in total. The molecule has 0 saturated carbocycles. The summed E-state index contributed by atoms with van der Waals surface area (Å²) in [5, 5.41) is 1.32. The van der Waals surface area contributed by atoms with Crippen molar-refractivity contribution >= 4 is 10.9 Å². The van der Waals surface area contributed by atoms with E-state index >= 15 is 0 Å². The molecule has 120 valence electrons. The molecule has 1 atom stereocenters. The fourth-order valence-corrected chi connectivity index (χ4v) is 2.96. The number of hydrogen-bond acceptors (Lipinski definition) is 3. The van der Waals surface area contributed by atoms with E-state index in [1.165, 1.54) is 16.5 Å². The second kappa shape index (κ2) is 6.92. The summed E-state index contributed by atoms with van der Waals surface area (Å²) in [6.07, 6.45) is 8.40. The normalized spacial score (nSPS) is 12.9. The standard InChI is InChI=1S/C19H24N4/c1-4-23-10-7-17-12-16(5-6-19(17)23)14-22(3)15(2)11-18-13-20-8-9-21-18/h5-10,12-13,15H,4,11,14H2,1-3H3/t15-/m0/s1. The van der Waals surface area contributed by atoms with Crippen molar-refractivity contribution in [2.45, 2.75) is 39.4 Å². The maximum absolute atomic E-state index is 4.37. The summed E-state index contributed by atoms with van der Waals surface area (Å²) in [5.41, 5.74) is 3.70. The summed E-state index contributed by atoms with van der Waals surface area (Å²) in [5.74, 6) is 0. The molecule has 0 radical (unpaired) electrons. The van der Waals surface area contributed by atoms with Gasteiger partial charge in [0.15, 0.2) is 0 Å². The van der Waals surface area contributed by atoms with Gasteiger partial charge in [-0.3, -0.25) is 14.9 Å². The van der Waals surface area contributed by atoms with Crippen LogP contribution < -0.4 is 0 Å². The molecule has 3 aromatic rings. The highest BCUT2D eigenvalue weighted by molar-refractivity contribution is 5.80. The lowest BCUT2D eigenvalue weighted by atomic mass is 10.1. The Morgan fingerprint density at radius 3 is 2.83 bits per heavy atom. The topological polar surface area (TPSA) is 34.0 Å². The molecule has 3 rings (SSSR count). The highest BCUT2D eigenvalue weighted by atomic mass is 15.1. The Labute approximate surface area is 137 Å². The van der Waals surface area contributed by atoms with Crippen molar-refractivity contribution in [3.8, 4) is 0 Å². The lowest BCUT2D eigenvalue weighted by molar-refractivity contribution is 0.247. The molecule has 0 aliphatic heterocycles. The van der Waals surface area contributed by atoms with Gasteiger partial charge in [-0.15, -0.1) is 0 Å². The highest BCUT2D eigenvalue weighted by Gasteiger charge is 2.12. The molecule has 4 nitrogen and oxygen atoms in total. The van der Waals surface area contributed by atoms with E-state index in [0.717, 1.165) is 25.2 Å². The maximum Gasteiger partial charge on any atom is 0.0602 e. The quantitative estimate of drug-likeness (QED) is 0.699. The van der Waals surface area contributed by atoms with E-state index in [2.05, 4.69) is 70.8 Å². The Hall–Kier alpha value is -2.20. The molecular formula is C19H24N4. The van der Waals surface area contributed by atoms with Gasteiger partial charge in [0.2, 0.25) is 0 Å². The van der Waals surface area contributed by atoms with Gasteiger partial charge >= 0.3 is 0 Å². The van der Waals surface area contributed by atoms with Crippen molar-refractivity contribution in [2.75, 3.05) is 7.05 Å². The minimum absolute atomic E-state index is 0.419. The predicted octanol–water partition coefficient (Wildman–Crippen LogP) is 3.51. The largest absolute Gasteiger partial charge is 0.348 e. The fraction of sp³-hybridized carbons (Fsp3) is 0.368. The molecule has 23 heavy (non-hydrogen) atoms. The summed E-state index contributed by atoms with van der Waals surface area (Å²) in [7, 11) is 2.17. The Bertz CT molecular complexity index is 763. The molecule has 0 aliphatic rings. The molecule has 2 aromatic heterocycles. The number of benzene rings is 1. The first-order chi connectivity index (χ1) is 11.2. The third-order valence-electron chi connectivity index (χ3n) is 4.48. The first kappa shape index (κ1) is 15.7. The van der Waals surface area contributed by atoms with E-state index in [1.54, 1.807) is 12.4 Å². The Balaban J connectivity index is 1.68. The van der Waals surface area contributed by atoms with E-state index in [9.17, 15) is 0 Å². The molecule has 0 unspecified atom stereocenters. The molecule has 4 heteroatoms. The van der Waals surface area contributed by atoms with Crippen LogP contribution in [0.4, 0.5) is 0 Å². The fourth-order valence-electron chi connectivity index (χ4n) is 2.96. The zero-order valence-electron chi connectivity index (χ0n) is 14.1. The average molecular weight is 308 g/mol.